The molecule has 14 heavy (non-hydrogen) atoms. The zero-order valence-electron chi connectivity index (χ0n) is 8.39. The number of hydrogen-bond acceptors (Lipinski definition) is 1. The highest BCUT2D eigenvalue weighted by atomic mass is 19.4. The van der Waals surface area contributed by atoms with Crippen molar-refractivity contribution in [1.82, 2.24) is 9.78 Å². The Hall–Kier alpha value is -1.00. The van der Waals surface area contributed by atoms with Gasteiger partial charge in [-0.2, -0.15) is 18.3 Å². The minimum atomic E-state index is -4.21. The smallest absolute Gasteiger partial charge is 0.263 e. The third-order valence-corrected chi connectivity index (χ3v) is 1.75. The van der Waals surface area contributed by atoms with Crippen LogP contribution in [-0.2, 0) is 12.0 Å². The lowest BCUT2D eigenvalue weighted by Crippen LogP contribution is -2.19. The van der Waals surface area contributed by atoms with Gasteiger partial charge in [0.05, 0.1) is 5.69 Å². The molecule has 0 bridgehead atoms. The molecule has 0 saturated carbocycles. The van der Waals surface area contributed by atoms with Crippen molar-refractivity contribution in [2.45, 2.75) is 38.9 Å². The predicted molar refractivity (Wildman–Crippen MR) is 47.0 cm³/mol. The molecule has 0 N–H and O–H groups in total. The van der Waals surface area contributed by atoms with E-state index in [1.165, 1.54) is 6.20 Å². The summed E-state index contributed by atoms with van der Waals surface area (Å²) in [6.45, 7) is 4.71. The summed E-state index contributed by atoms with van der Waals surface area (Å²) in [5, 5.41) is 3.86. The fourth-order valence-corrected chi connectivity index (χ4v) is 1.03. The van der Waals surface area contributed by atoms with Crippen molar-refractivity contribution in [2.75, 3.05) is 0 Å². The van der Waals surface area contributed by atoms with Gasteiger partial charge >= 0.3 is 6.18 Å². The van der Waals surface area contributed by atoms with Gasteiger partial charge in [0.25, 0.3) is 0 Å². The monoisotopic (exact) mass is 206 g/mol. The number of nitrogens with zero attached hydrogens (tertiary/aromatic N) is 2. The first-order valence-electron chi connectivity index (χ1n) is 4.29. The van der Waals surface area contributed by atoms with E-state index in [9.17, 15) is 13.2 Å². The van der Waals surface area contributed by atoms with Gasteiger partial charge < -0.3 is 0 Å². The van der Waals surface area contributed by atoms with E-state index in [1.54, 1.807) is 6.07 Å². The van der Waals surface area contributed by atoms with Crippen LogP contribution < -0.4 is 0 Å². The van der Waals surface area contributed by atoms with E-state index in [1.807, 2.05) is 20.8 Å². The number of aromatic nitrogens is 2. The molecule has 0 aliphatic carbocycles. The molecule has 0 spiro atoms. The maximum absolute atomic E-state index is 12.0. The second-order valence-corrected chi connectivity index (χ2v) is 4.26. The molecule has 0 saturated heterocycles. The molecular weight excluding hydrogens is 193 g/mol. The second kappa shape index (κ2) is 3.29. The van der Waals surface area contributed by atoms with Crippen molar-refractivity contribution in [2.24, 2.45) is 0 Å². The molecule has 1 rings (SSSR count). The van der Waals surface area contributed by atoms with Crippen LogP contribution in [-0.4, -0.2) is 16.0 Å². The first kappa shape index (κ1) is 11.1. The van der Waals surface area contributed by atoms with Crippen LogP contribution in [0, 0.1) is 0 Å². The molecule has 1 aromatic rings. The molecule has 0 aromatic carbocycles. The van der Waals surface area contributed by atoms with Gasteiger partial charge in [0, 0.05) is 11.6 Å². The highest BCUT2D eigenvalue weighted by molar-refractivity contribution is 5.10. The Balaban J connectivity index is 2.79. The summed E-state index contributed by atoms with van der Waals surface area (Å²) in [6.07, 6.45) is -2.85. The van der Waals surface area contributed by atoms with E-state index in [-0.39, 0.29) is 5.41 Å². The van der Waals surface area contributed by atoms with Gasteiger partial charge in [-0.25, -0.2) is 0 Å². The van der Waals surface area contributed by atoms with Gasteiger partial charge in [-0.1, -0.05) is 20.8 Å². The zero-order valence-corrected chi connectivity index (χ0v) is 8.39. The molecule has 0 unspecified atom stereocenters. The van der Waals surface area contributed by atoms with Crippen LogP contribution in [0.2, 0.25) is 0 Å². The van der Waals surface area contributed by atoms with E-state index in [0.717, 1.165) is 4.68 Å². The van der Waals surface area contributed by atoms with E-state index in [4.69, 9.17) is 0 Å². The standard InChI is InChI=1S/C9H13F3N2/c1-8(2,3)7-4-5-14(13-7)6-9(10,11)12/h4-5H,6H2,1-3H3. The van der Waals surface area contributed by atoms with Crippen molar-refractivity contribution >= 4 is 0 Å². The van der Waals surface area contributed by atoms with Crippen molar-refractivity contribution in [3.05, 3.63) is 18.0 Å². The SMILES string of the molecule is CC(C)(C)c1ccn(CC(F)(F)F)n1. The summed E-state index contributed by atoms with van der Waals surface area (Å²) in [7, 11) is 0. The van der Waals surface area contributed by atoms with Crippen LogP contribution in [0.15, 0.2) is 12.3 Å². The normalized spacial score (nSPS) is 13.3. The second-order valence-electron chi connectivity index (χ2n) is 4.26. The lowest BCUT2D eigenvalue weighted by molar-refractivity contribution is -0.142. The van der Waals surface area contributed by atoms with Gasteiger partial charge in [0.1, 0.15) is 6.54 Å². The molecular formula is C9H13F3N2. The highest BCUT2D eigenvalue weighted by Crippen LogP contribution is 2.21. The summed E-state index contributed by atoms with van der Waals surface area (Å²) in [4.78, 5) is 0. The summed E-state index contributed by atoms with van der Waals surface area (Å²) in [5.74, 6) is 0. The van der Waals surface area contributed by atoms with Crippen molar-refractivity contribution in [3.8, 4) is 0 Å². The molecule has 1 heterocycles. The Kier molecular flexibility index (Phi) is 2.61. The van der Waals surface area contributed by atoms with Gasteiger partial charge in [0.2, 0.25) is 0 Å². The largest absolute Gasteiger partial charge is 0.408 e. The molecule has 5 heteroatoms. The van der Waals surface area contributed by atoms with Crippen LogP contribution in [0.25, 0.3) is 0 Å². The Morgan fingerprint density at radius 3 is 2.21 bits per heavy atom. The Bertz CT molecular complexity index is 307. The Morgan fingerprint density at radius 2 is 1.86 bits per heavy atom. The molecule has 0 aliphatic heterocycles. The summed E-state index contributed by atoms with van der Waals surface area (Å²) in [6, 6.07) is 1.62. The first-order chi connectivity index (χ1) is 6.18. The molecule has 1 aromatic heterocycles. The molecule has 0 atom stereocenters. The third-order valence-electron chi connectivity index (χ3n) is 1.75. The van der Waals surface area contributed by atoms with Crippen LogP contribution in [0.4, 0.5) is 13.2 Å². The molecule has 0 fully saturated rings. The minimum absolute atomic E-state index is 0.211. The number of hydrogen-bond donors (Lipinski definition) is 0. The average molecular weight is 206 g/mol. The molecule has 2 nitrogen and oxygen atoms in total. The van der Waals surface area contributed by atoms with E-state index >= 15 is 0 Å². The topological polar surface area (TPSA) is 17.8 Å². The number of rotatable bonds is 1. The third kappa shape index (κ3) is 3.05. The summed E-state index contributed by atoms with van der Waals surface area (Å²) in [5.41, 5.74) is 0.457. The molecule has 0 amide bonds. The van der Waals surface area contributed by atoms with Gasteiger partial charge in [0.15, 0.2) is 0 Å². The Labute approximate surface area is 80.7 Å². The van der Waals surface area contributed by atoms with Crippen molar-refractivity contribution < 1.29 is 13.2 Å². The van der Waals surface area contributed by atoms with Crippen LogP contribution in [0.3, 0.4) is 0 Å². The Morgan fingerprint density at radius 1 is 1.29 bits per heavy atom. The van der Waals surface area contributed by atoms with Gasteiger partial charge in [-0.05, 0) is 6.07 Å². The van der Waals surface area contributed by atoms with Gasteiger partial charge in [-0.15, -0.1) is 0 Å². The fraction of sp³-hybridized carbons (Fsp3) is 0.667. The highest BCUT2D eigenvalue weighted by Gasteiger charge is 2.29. The molecule has 80 valence electrons. The van der Waals surface area contributed by atoms with E-state index in [0.29, 0.717) is 5.69 Å². The minimum Gasteiger partial charge on any atom is -0.263 e. The first-order valence-corrected chi connectivity index (χ1v) is 4.29. The van der Waals surface area contributed by atoms with Crippen LogP contribution in [0.1, 0.15) is 26.5 Å². The van der Waals surface area contributed by atoms with Crippen molar-refractivity contribution in [1.29, 1.82) is 0 Å². The predicted octanol–water partition coefficient (Wildman–Crippen LogP) is 2.74. The fourth-order valence-electron chi connectivity index (χ4n) is 1.03. The lowest BCUT2D eigenvalue weighted by Gasteiger charge is -2.14. The van der Waals surface area contributed by atoms with E-state index < -0.39 is 12.7 Å². The zero-order chi connectivity index (χ0) is 11.0. The number of halogens is 3. The van der Waals surface area contributed by atoms with Crippen LogP contribution >= 0.6 is 0 Å². The van der Waals surface area contributed by atoms with Crippen LogP contribution in [0.5, 0.6) is 0 Å². The lowest BCUT2D eigenvalue weighted by atomic mass is 9.93. The maximum atomic E-state index is 12.0. The summed E-state index contributed by atoms with van der Waals surface area (Å²) >= 11 is 0. The van der Waals surface area contributed by atoms with Gasteiger partial charge in [-0.3, -0.25) is 4.68 Å². The number of alkyl halides is 3. The average Bonchev–Trinajstić information content (AvgIpc) is 2.29. The molecule has 0 aliphatic rings. The van der Waals surface area contributed by atoms with Crippen molar-refractivity contribution in [3.63, 3.8) is 0 Å². The summed E-state index contributed by atoms with van der Waals surface area (Å²) < 4.78 is 36.9. The maximum Gasteiger partial charge on any atom is 0.408 e. The molecule has 0 radical (unpaired) electrons. The quantitative estimate of drug-likeness (QED) is 0.690. The van der Waals surface area contributed by atoms with E-state index in [2.05, 4.69) is 5.10 Å².